The van der Waals surface area contributed by atoms with Crippen molar-refractivity contribution < 1.29 is 23.9 Å². The average Bonchev–Trinajstić information content (AvgIpc) is 2.93. The Morgan fingerprint density at radius 3 is 1.98 bits per heavy atom. The number of nitrogens with one attached hydrogen (secondary N) is 4. The van der Waals surface area contributed by atoms with E-state index in [9.17, 15) is 19.2 Å². The number of ketones is 1. The second-order valence-corrected chi connectivity index (χ2v) is 10.7. The molecule has 0 saturated carbocycles. The highest BCUT2D eigenvalue weighted by Crippen LogP contribution is 2.13. The van der Waals surface area contributed by atoms with E-state index in [1.165, 1.54) is 0 Å². The monoisotopic (exact) mass is 552 g/mol. The molecule has 0 spiro atoms. The van der Waals surface area contributed by atoms with E-state index in [4.69, 9.17) is 4.74 Å². The van der Waals surface area contributed by atoms with E-state index < -0.39 is 35.7 Å². The van der Waals surface area contributed by atoms with E-state index in [2.05, 4.69) is 35.1 Å². The molecule has 0 bridgehead atoms. The predicted molar refractivity (Wildman–Crippen MR) is 156 cm³/mol. The number of rotatable bonds is 16. The van der Waals surface area contributed by atoms with Gasteiger partial charge in [-0.3, -0.25) is 14.4 Å². The van der Waals surface area contributed by atoms with Crippen LogP contribution in [0.15, 0.2) is 54.6 Å². The third kappa shape index (κ3) is 11.9. The average molecular weight is 553 g/mol. The summed E-state index contributed by atoms with van der Waals surface area (Å²) in [4.78, 5) is 51.0. The van der Waals surface area contributed by atoms with Gasteiger partial charge in [0, 0.05) is 13.1 Å². The van der Waals surface area contributed by atoms with Gasteiger partial charge in [0.1, 0.15) is 11.8 Å². The van der Waals surface area contributed by atoms with Crippen molar-refractivity contribution in [3.8, 4) is 5.75 Å². The highest BCUT2D eigenvalue weighted by Gasteiger charge is 2.29. The minimum absolute atomic E-state index is 0.108. The smallest absolute Gasteiger partial charge is 0.315 e. The first kappa shape index (κ1) is 32.3. The lowest BCUT2D eigenvalue weighted by Crippen LogP contribution is -2.55. The largest absolute Gasteiger partial charge is 0.494 e. The van der Waals surface area contributed by atoms with Crippen molar-refractivity contribution in [1.82, 2.24) is 21.3 Å². The fourth-order valence-corrected chi connectivity index (χ4v) is 3.86. The normalized spacial score (nSPS) is 12.4. The minimum Gasteiger partial charge on any atom is -0.494 e. The number of ether oxygens (including phenoxy) is 1. The second kappa shape index (κ2) is 16.9. The molecule has 2 aromatic rings. The Morgan fingerprint density at radius 1 is 0.750 bits per heavy atom. The molecule has 218 valence electrons. The van der Waals surface area contributed by atoms with E-state index in [0.29, 0.717) is 25.5 Å². The Morgan fingerprint density at radius 2 is 1.38 bits per heavy atom. The molecule has 0 saturated heterocycles. The molecule has 0 fully saturated rings. The number of hydrogen-bond acceptors (Lipinski definition) is 5. The van der Waals surface area contributed by atoms with Gasteiger partial charge in [0.15, 0.2) is 0 Å². The second-order valence-electron chi connectivity index (χ2n) is 10.7. The summed E-state index contributed by atoms with van der Waals surface area (Å²) in [5.74, 6) is -0.607. The maximum atomic E-state index is 13.1. The van der Waals surface area contributed by atoms with Crippen LogP contribution in [0.5, 0.6) is 5.75 Å². The number of benzene rings is 2. The minimum atomic E-state index is -1.01. The van der Waals surface area contributed by atoms with E-state index in [1.807, 2.05) is 68.4 Å². The van der Waals surface area contributed by atoms with Gasteiger partial charge in [0.25, 0.3) is 5.91 Å². The molecule has 2 aromatic carbocycles. The molecule has 9 nitrogen and oxygen atoms in total. The zero-order chi connectivity index (χ0) is 29.5. The molecule has 40 heavy (non-hydrogen) atoms. The van der Waals surface area contributed by atoms with Gasteiger partial charge >= 0.3 is 6.03 Å². The standard InChI is InChI=1S/C31H44N4O5/c1-6-26(28(36)30(38)32-19-24-12-14-25(15-13-24)40-17-16-21(2)3)34-29(37)27(18-22(4)5)35-31(39)33-20-23-10-8-7-9-11-23/h7-15,21-22,26-27H,6,16-20H2,1-5H3,(H,32,38)(H,34,37)(H2,33,35,39). The molecule has 0 aliphatic rings. The first-order chi connectivity index (χ1) is 19.1. The first-order valence-corrected chi connectivity index (χ1v) is 14.0. The first-order valence-electron chi connectivity index (χ1n) is 14.0. The molecule has 0 radical (unpaired) electrons. The van der Waals surface area contributed by atoms with Crippen molar-refractivity contribution >= 4 is 23.6 Å². The van der Waals surface area contributed by atoms with Crippen LogP contribution in [0, 0.1) is 11.8 Å². The number of Topliss-reactive ketones (excluding diaryl/α,β-unsaturated/α-hetero) is 1. The van der Waals surface area contributed by atoms with Gasteiger partial charge in [0.2, 0.25) is 11.7 Å². The Bertz CT molecular complexity index is 1090. The SMILES string of the molecule is CCC(NC(=O)C(CC(C)C)NC(=O)NCc1ccccc1)C(=O)C(=O)NCc1ccc(OCCC(C)C)cc1. The van der Waals surface area contributed by atoms with Crippen molar-refractivity contribution in [1.29, 1.82) is 0 Å². The highest BCUT2D eigenvalue weighted by atomic mass is 16.5. The van der Waals surface area contributed by atoms with E-state index in [1.54, 1.807) is 6.92 Å². The van der Waals surface area contributed by atoms with Gasteiger partial charge in [-0.15, -0.1) is 0 Å². The Balaban J connectivity index is 1.88. The molecule has 2 rings (SSSR count). The van der Waals surface area contributed by atoms with Gasteiger partial charge in [-0.2, -0.15) is 0 Å². The molecule has 2 unspecified atom stereocenters. The van der Waals surface area contributed by atoms with Gasteiger partial charge < -0.3 is 26.0 Å². The van der Waals surface area contributed by atoms with Crippen LogP contribution in [-0.2, 0) is 27.5 Å². The number of carbonyl (C=O) groups excluding carboxylic acids is 4. The van der Waals surface area contributed by atoms with Crippen molar-refractivity contribution in [2.45, 2.75) is 79.1 Å². The zero-order valence-electron chi connectivity index (χ0n) is 24.3. The van der Waals surface area contributed by atoms with Crippen molar-refractivity contribution in [2.24, 2.45) is 11.8 Å². The lowest BCUT2D eigenvalue weighted by atomic mass is 10.0. The molecule has 4 amide bonds. The summed E-state index contributed by atoms with van der Waals surface area (Å²) >= 11 is 0. The molecule has 0 aliphatic carbocycles. The number of hydrogen-bond donors (Lipinski definition) is 4. The van der Waals surface area contributed by atoms with E-state index in [0.717, 1.165) is 23.3 Å². The van der Waals surface area contributed by atoms with Gasteiger partial charge in [-0.1, -0.05) is 77.1 Å². The summed E-state index contributed by atoms with van der Waals surface area (Å²) < 4.78 is 5.71. The fraction of sp³-hybridized carbons (Fsp3) is 0.484. The van der Waals surface area contributed by atoms with Crippen LogP contribution < -0.4 is 26.0 Å². The lowest BCUT2D eigenvalue weighted by Gasteiger charge is -2.23. The number of urea groups is 1. The predicted octanol–water partition coefficient (Wildman–Crippen LogP) is 4.11. The van der Waals surface area contributed by atoms with Crippen LogP contribution in [0.3, 0.4) is 0 Å². The van der Waals surface area contributed by atoms with Crippen LogP contribution in [0.4, 0.5) is 4.79 Å². The summed E-state index contributed by atoms with van der Waals surface area (Å²) in [7, 11) is 0. The van der Waals surface area contributed by atoms with Crippen LogP contribution in [0.25, 0.3) is 0 Å². The molecule has 9 heteroatoms. The Hall–Kier alpha value is -3.88. The van der Waals surface area contributed by atoms with Gasteiger partial charge in [0.05, 0.1) is 12.6 Å². The van der Waals surface area contributed by atoms with Crippen molar-refractivity contribution in [3.63, 3.8) is 0 Å². The maximum Gasteiger partial charge on any atom is 0.315 e. The molecule has 2 atom stereocenters. The lowest BCUT2D eigenvalue weighted by molar-refractivity contribution is -0.140. The quantitative estimate of drug-likeness (QED) is 0.233. The summed E-state index contributed by atoms with van der Waals surface area (Å²) in [6.07, 6.45) is 1.57. The molecular formula is C31H44N4O5. The summed E-state index contributed by atoms with van der Waals surface area (Å²) in [5, 5.41) is 10.7. The third-order valence-electron chi connectivity index (χ3n) is 6.23. The number of amides is 4. The fourth-order valence-electron chi connectivity index (χ4n) is 3.86. The molecule has 0 aromatic heterocycles. The van der Waals surface area contributed by atoms with Crippen LogP contribution >= 0.6 is 0 Å². The number of carbonyl (C=O) groups is 4. The van der Waals surface area contributed by atoms with Crippen LogP contribution in [0.1, 0.15) is 65.0 Å². The van der Waals surface area contributed by atoms with Crippen LogP contribution in [-0.4, -0.2) is 42.3 Å². The third-order valence-corrected chi connectivity index (χ3v) is 6.23. The van der Waals surface area contributed by atoms with Crippen molar-refractivity contribution in [3.05, 3.63) is 65.7 Å². The van der Waals surface area contributed by atoms with E-state index in [-0.39, 0.29) is 18.9 Å². The summed E-state index contributed by atoms with van der Waals surface area (Å²) in [6.45, 7) is 11.0. The molecule has 4 N–H and O–H groups in total. The molecule has 0 heterocycles. The summed E-state index contributed by atoms with van der Waals surface area (Å²) in [6, 6.07) is 14.4. The van der Waals surface area contributed by atoms with Gasteiger partial charge in [-0.05, 0) is 54.4 Å². The zero-order valence-corrected chi connectivity index (χ0v) is 24.3. The maximum absolute atomic E-state index is 13.1. The van der Waals surface area contributed by atoms with Gasteiger partial charge in [-0.25, -0.2) is 4.79 Å². The Kier molecular flexibility index (Phi) is 13.7. The highest BCUT2D eigenvalue weighted by molar-refractivity contribution is 6.38. The topological polar surface area (TPSA) is 126 Å². The molecular weight excluding hydrogens is 508 g/mol. The Labute approximate surface area is 237 Å². The molecule has 0 aliphatic heterocycles. The van der Waals surface area contributed by atoms with Crippen LogP contribution in [0.2, 0.25) is 0 Å². The van der Waals surface area contributed by atoms with E-state index >= 15 is 0 Å². The van der Waals surface area contributed by atoms with Crippen molar-refractivity contribution in [2.75, 3.05) is 6.61 Å². The summed E-state index contributed by atoms with van der Waals surface area (Å²) in [5.41, 5.74) is 1.74.